The fraction of sp³-hybridized carbons (Fsp3) is 0.618. The highest BCUT2D eigenvalue weighted by Gasteiger charge is 2.40. The molecule has 0 N–H and O–H groups in total. The summed E-state index contributed by atoms with van der Waals surface area (Å²) in [6.07, 6.45) is 5.74. The van der Waals surface area contributed by atoms with E-state index in [0.717, 1.165) is 70.4 Å². The van der Waals surface area contributed by atoms with Gasteiger partial charge in [-0.25, -0.2) is 0 Å². The third kappa shape index (κ3) is 8.48. The van der Waals surface area contributed by atoms with E-state index in [2.05, 4.69) is 66.7 Å². The van der Waals surface area contributed by atoms with Gasteiger partial charge in [-0.15, -0.1) is 0 Å². The van der Waals surface area contributed by atoms with Crippen molar-refractivity contribution in [2.75, 3.05) is 53.5 Å². The first-order chi connectivity index (χ1) is 19.4. The van der Waals surface area contributed by atoms with Gasteiger partial charge in [0.15, 0.2) is 0 Å². The van der Waals surface area contributed by atoms with E-state index in [1.54, 1.807) is 0 Å². The number of likely N-dealkylation sites (tertiary alicyclic amines) is 2. The van der Waals surface area contributed by atoms with Crippen LogP contribution in [0.2, 0.25) is 10.0 Å². The van der Waals surface area contributed by atoms with Gasteiger partial charge >= 0.3 is 0 Å². The lowest BCUT2D eigenvalue weighted by molar-refractivity contribution is -0.132. The monoisotopic (exact) mass is 601 g/mol. The predicted molar refractivity (Wildman–Crippen MR) is 171 cm³/mol. The highest BCUT2D eigenvalue weighted by atomic mass is 35.5. The van der Waals surface area contributed by atoms with Crippen LogP contribution in [0.3, 0.4) is 0 Å². The Balaban J connectivity index is 1.46. The molecular weight excluding hydrogens is 553 g/mol. The number of benzene rings is 2. The lowest BCUT2D eigenvalue weighted by Crippen LogP contribution is -2.51. The van der Waals surface area contributed by atoms with Gasteiger partial charge in [-0.2, -0.15) is 0 Å². The van der Waals surface area contributed by atoms with Crippen molar-refractivity contribution in [3.8, 4) is 0 Å². The van der Waals surface area contributed by atoms with Crippen molar-refractivity contribution in [3.63, 3.8) is 0 Å². The average molecular weight is 603 g/mol. The van der Waals surface area contributed by atoms with E-state index in [-0.39, 0.29) is 16.9 Å². The molecule has 0 spiro atoms. The molecule has 7 heteroatoms. The summed E-state index contributed by atoms with van der Waals surface area (Å²) in [5.41, 5.74) is 4.43. The minimum Gasteiger partial charge on any atom is -0.360 e. The van der Waals surface area contributed by atoms with E-state index >= 15 is 0 Å². The van der Waals surface area contributed by atoms with Crippen LogP contribution in [0.5, 0.6) is 0 Å². The second-order valence-corrected chi connectivity index (χ2v) is 14.1. The van der Waals surface area contributed by atoms with E-state index in [1.165, 1.54) is 16.7 Å². The van der Waals surface area contributed by atoms with Crippen LogP contribution in [-0.4, -0.2) is 79.8 Å². The smallest absolute Gasteiger partial charge is 0.227 e. The SMILES string of the molecule is Cc1cc(C)cc(CC(=O)N2CCCC(CCN3CCC(C(C)(C)OCN(C)C)CC3)(c3ccc(Cl)c(Cl)c3)C2)c1. The fourth-order valence-corrected chi connectivity index (χ4v) is 7.15. The number of rotatable bonds is 10. The molecule has 1 atom stereocenters. The second kappa shape index (κ2) is 13.8. The van der Waals surface area contributed by atoms with E-state index in [4.69, 9.17) is 27.9 Å². The number of piperidine rings is 2. The second-order valence-electron chi connectivity index (χ2n) is 13.3. The highest BCUT2D eigenvalue weighted by molar-refractivity contribution is 6.42. The van der Waals surface area contributed by atoms with Gasteiger partial charge in [0, 0.05) is 18.5 Å². The molecule has 5 nitrogen and oxygen atoms in total. The van der Waals surface area contributed by atoms with Gasteiger partial charge in [-0.1, -0.05) is 58.6 Å². The van der Waals surface area contributed by atoms with Gasteiger partial charge in [-0.3, -0.25) is 9.69 Å². The molecule has 2 fully saturated rings. The van der Waals surface area contributed by atoms with Crippen LogP contribution in [0.25, 0.3) is 0 Å². The molecule has 1 unspecified atom stereocenters. The molecule has 2 aromatic rings. The maximum atomic E-state index is 13.6. The molecule has 41 heavy (non-hydrogen) atoms. The summed E-state index contributed by atoms with van der Waals surface area (Å²) in [6, 6.07) is 12.5. The lowest BCUT2D eigenvalue weighted by atomic mass is 9.71. The number of hydrogen-bond acceptors (Lipinski definition) is 4. The average Bonchev–Trinajstić information content (AvgIpc) is 2.92. The molecule has 2 aliphatic rings. The van der Waals surface area contributed by atoms with Gasteiger partial charge in [0.2, 0.25) is 5.91 Å². The van der Waals surface area contributed by atoms with Crippen LogP contribution in [0.15, 0.2) is 36.4 Å². The third-order valence-electron chi connectivity index (χ3n) is 9.27. The van der Waals surface area contributed by atoms with Crippen LogP contribution in [0.1, 0.15) is 68.2 Å². The van der Waals surface area contributed by atoms with Gasteiger partial charge in [0.1, 0.15) is 0 Å². The van der Waals surface area contributed by atoms with Gasteiger partial charge in [0.05, 0.1) is 28.8 Å². The Hall–Kier alpha value is -1.63. The Morgan fingerprint density at radius 3 is 2.34 bits per heavy atom. The Labute approximate surface area is 258 Å². The molecule has 2 saturated heterocycles. The first kappa shape index (κ1) is 32.3. The van der Waals surface area contributed by atoms with E-state index in [1.807, 2.05) is 26.2 Å². The summed E-state index contributed by atoms with van der Waals surface area (Å²) in [4.78, 5) is 20.4. The van der Waals surface area contributed by atoms with Crippen LogP contribution in [0.4, 0.5) is 0 Å². The van der Waals surface area contributed by atoms with Gasteiger partial charge < -0.3 is 14.5 Å². The zero-order chi connectivity index (χ0) is 29.8. The maximum Gasteiger partial charge on any atom is 0.227 e. The van der Waals surface area contributed by atoms with Crippen molar-refractivity contribution in [2.24, 2.45) is 5.92 Å². The maximum absolute atomic E-state index is 13.6. The number of carbonyl (C=O) groups is 1. The first-order valence-electron chi connectivity index (χ1n) is 15.2. The zero-order valence-corrected chi connectivity index (χ0v) is 27.5. The quantitative estimate of drug-likeness (QED) is 0.271. The van der Waals surface area contributed by atoms with Crippen molar-refractivity contribution in [1.29, 1.82) is 0 Å². The summed E-state index contributed by atoms with van der Waals surface area (Å²) in [5, 5.41) is 1.16. The Morgan fingerprint density at radius 1 is 1.02 bits per heavy atom. The summed E-state index contributed by atoms with van der Waals surface area (Å²) in [6.45, 7) is 14.0. The summed E-state index contributed by atoms with van der Waals surface area (Å²) in [7, 11) is 4.09. The number of halogens is 2. The molecule has 0 radical (unpaired) electrons. The van der Waals surface area contributed by atoms with Crippen molar-refractivity contribution in [1.82, 2.24) is 14.7 Å². The summed E-state index contributed by atoms with van der Waals surface area (Å²) in [5.74, 6) is 0.760. The minimum atomic E-state index is -0.143. The fourth-order valence-electron chi connectivity index (χ4n) is 6.85. The number of carbonyl (C=O) groups excluding carboxylic acids is 1. The number of aryl methyl sites for hydroxylation is 2. The lowest BCUT2D eigenvalue weighted by Gasteiger charge is -2.46. The van der Waals surface area contributed by atoms with Crippen LogP contribution in [0, 0.1) is 19.8 Å². The van der Waals surface area contributed by atoms with E-state index in [9.17, 15) is 4.79 Å². The Morgan fingerprint density at radius 2 is 1.71 bits per heavy atom. The summed E-state index contributed by atoms with van der Waals surface area (Å²) >= 11 is 12.9. The van der Waals surface area contributed by atoms with Crippen LogP contribution < -0.4 is 0 Å². The molecule has 0 aliphatic carbocycles. The molecule has 2 aromatic carbocycles. The van der Waals surface area contributed by atoms with Gasteiger partial charge in [-0.05, 0) is 123 Å². The molecule has 0 aromatic heterocycles. The molecule has 2 aliphatic heterocycles. The van der Waals surface area contributed by atoms with Crippen molar-refractivity contribution in [2.45, 2.75) is 77.2 Å². The normalized spacial score (nSPS) is 21.0. The molecule has 1 amide bonds. The van der Waals surface area contributed by atoms with E-state index < -0.39 is 0 Å². The molecule has 4 rings (SSSR count). The third-order valence-corrected chi connectivity index (χ3v) is 10.0. The number of hydrogen-bond donors (Lipinski definition) is 0. The first-order valence-corrected chi connectivity index (χ1v) is 15.9. The Bertz CT molecular complexity index is 1170. The predicted octanol–water partition coefficient (Wildman–Crippen LogP) is 7.13. The molecule has 2 heterocycles. The van der Waals surface area contributed by atoms with E-state index in [0.29, 0.717) is 29.1 Å². The molecule has 0 saturated carbocycles. The highest BCUT2D eigenvalue weighted by Crippen LogP contribution is 2.40. The van der Waals surface area contributed by atoms with Crippen molar-refractivity contribution in [3.05, 3.63) is 68.7 Å². The Kier molecular flexibility index (Phi) is 10.8. The van der Waals surface area contributed by atoms with Gasteiger partial charge in [0.25, 0.3) is 0 Å². The minimum absolute atomic E-state index is 0.127. The standard InChI is InChI=1S/C34H49Cl2N3O2/c1-25-18-26(2)20-27(19-25)21-32(40)39-14-7-12-34(23-39,29-8-9-30(35)31(36)22-29)13-17-38-15-10-28(11-16-38)33(3,4)41-24-37(5)6/h8-9,18-20,22,28H,7,10-17,21,23-24H2,1-6H3. The van der Waals surface area contributed by atoms with Crippen LogP contribution in [-0.2, 0) is 21.4 Å². The van der Waals surface area contributed by atoms with Crippen molar-refractivity contribution >= 4 is 29.1 Å². The molecular formula is C34H49Cl2N3O2. The summed E-state index contributed by atoms with van der Waals surface area (Å²) < 4.78 is 6.25. The molecule has 0 bridgehead atoms. The number of nitrogens with zero attached hydrogens (tertiary/aromatic N) is 3. The zero-order valence-electron chi connectivity index (χ0n) is 25.9. The number of ether oxygens (including phenoxy) is 1. The topological polar surface area (TPSA) is 36.0 Å². The largest absolute Gasteiger partial charge is 0.360 e. The molecule has 226 valence electrons. The number of amides is 1. The van der Waals surface area contributed by atoms with Crippen LogP contribution >= 0.6 is 23.2 Å². The van der Waals surface area contributed by atoms with Crippen molar-refractivity contribution < 1.29 is 9.53 Å².